The van der Waals surface area contributed by atoms with Crippen LogP contribution in [0, 0.1) is 5.82 Å². The Morgan fingerprint density at radius 1 is 1.19 bits per heavy atom. The third-order valence-electron chi connectivity index (χ3n) is 3.43. The minimum atomic E-state index is -1.22. The maximum Gasteiger partial charge on any atom is 0.180 e. The highest BCUT2D eigenvalue weighted by Crippen LogP contribution is 2.29. The molecule has 0 spiro atoms. The van der Waals surface area contributed by atoms with E-state index >= 15 is 0 Å². The lowest BCUT2D eigenvalue weighted by Gasteiger charge is -2.13. The van der Waals surface area contributed by atoms with Gasteiger partial charge in [0, 0.05) is 5.56 Å². The molecule has 21 heavy (non-hydrogen) atoms. The van der Waals surface area contributed by atoms with E-state index in [1.807, 2.05) is 0 Å². The SMILES string of the molecule is OC[C@H]1O[C@@H](n2cc(-c3ccc(F)cc3)nn2)[C@H](O)[C@@H]1O. The Morgan fingerprint density at radius 3 is 2.52 bits per heavy atom. The van der Waals surface area contributed by atoms with Crippen LogP contribution in [0.15, 0.2) is 30.5 Å². The summed E-state index contributed by atoms with van der Waals surface area (Å²) < 4.78 is 19.5. The summed E-state index contributed by atoms with van der Waals surface area (Å²) in [5.41, 5.74) is 1.14. The lowest BCUT2D eigenvalue weighted by atomic mass is 10.1. The monoisotopic (exact) mass is 295 g/mol. The second-order valence-corrected chi connectivity index (χ2v) is 4.82. The fourth-order valence-electron chi connectivity index (χ4n) is 2.25. The van der Waals surface area contributed by atoms with Crippen LogP contribution in [0.3, 0.4) is 0 Å². The Kier molecular flexibility index (Phi) is 3.68. The predicted molar refractivity (Wildman–Crippen MR) is 68.4 cm³/mol. The van der Waals surface area contributed by atoms with Gasteiger partial charge in [0.1, 0.15) is 29.8 Å². The third kappa shape index (κ3) is 2.54. The molecule has 1 saturated heterocycles. The molecule has 1 fully saturated rings. The molecule has 112 valence electrons. The van der Waals surface area contributed by atoms with Gasteiger partial charge in [0.25, 0.3) is 0 Å². The zero-order valence-electron chi connectivity index (χ0n) is 10.9. The fraction of sp³-hybridized carbons (Fsp3) is 0.385. The first-order chi connectivity index (χ1) is 10.1. The van der Waals surface area contributed by atoms with Crippen molar-refractivity contribution < 1.29 is 24.4 Å². The van der Waals surface area contributed by atoms with Crippen LogP contribution in [0.5, 0.6) is 0 Å². The molecule has 1 aromatic carbocycles. The number of nitrogens with zero attached hydrogens (tertiary/aromatic N) is 3. The molecule has 2 aromatic rings. The number of hydrogen-bond acceptors (Lipinski definition) is 6. The molecule has 1 aliphatic heterocycles. The molecular formula is C13H14FN3O4. The molecule has 8 heteroatoms. The van der Waals surface area contributed by atoms with Crippen molar-refractivity contribution >= 4 is 0 Å². The molecule has 1 aromatic heterocycles. The maximum atomic E-state index is 12.9. The Morgan fingerprint density at radius 2 is 1.90 bits per heavy atom. The molecule has 7 nitrogen and oxygen atoms in total. The maximum absolute atomic E-state index is 12.9. The number of ether oxygens (including phenoxy) is 1. The Hall–Kier alpha value is -1.87. The second kappa shape index (κ2) is 5.49. The number of halogens is 1. The van der Waals surface area contributed by atoms with Gasteiger partial charge in [-0.3, -0.25) is 0 Å². The van der Waals surface area contributed by atoms with Crippen LogP contribution in [-0.4, -0.2) is 55.2 Å². The zero-order chi connectivity index (χ0) is 15.0. The van der Waals surface area contributed by atoms with Gasteiger partial charge in [-0.2, -0.15) is 0 Å². The highest BCUT2D eigenvalue weighted by molar-refractivity contribution is 5.57. The van der Waals surface area contributed by atoms with E-state index in [1.54, 1.807) is 12.1 Å². The first kappa shape index (κ1) is 14.1. The van der Waals surface area contributed by atoms with Crippen LogP contribution in [-0.2, 0) is 4.74 Å². The average molecular weight is 295 g/mol. The van der Waals surface area contributed by atoms with Gasteiger partial charge in [-0.25, -0.2) is 9.07 Å². The van der Waals surface area contributed by atoms with Crippen molar-refractivity contribution in [2.45, 2.75) is 24.5 Å². The van der Waals surface area contributed by atoms with Crippen LogP contribution >= 0.6 is 0 Å². The summed E-state index contributed by atoms with van der Waals surface area (Å²) >= 11 is 0. The van der Waals surface area contributed by atoms with E-state index in [9.17, 15) is 14.6 Å². The normalized spacial score (nSPS) is 29.0. The third-order valence-corrected chi connectivity index (χ3v) is 3.43. The molecule has 0 amide bonds. The minimum absolute atomic E-state index is 0.352. The first-order valence-electron chi connectivity index (χ1n) is 6.40. The number of hydrogen-bond donors (Lipinski definition) is 3. The van der Waals surface area contributed by atoms with Crippen LogP contribution in [0.1, 0.15) is 6.23 Å². The Balaban J connectivity index is 1.84. The molecule has 4 atom stereocenters. The van der Waals surface area contributed by atoms with Crippen molar-refractivity contribution in [2.24, 2.45) is 0 Å². The standard InChI is InChI=1S/C13H14FN3O4/c14-8-3-1-7(2-4-8)9-5-17(16-15-9)13-12(20)11(19)10(6-18)21-13/h1-5,10-13,18-20H,6H2/t10-,11-,12-,13-/m1/s1. The highest BCUT2D eigenvalue weighted by atomic mass is 19.1. The topological polar surface area (TPSA) is 101 Å². The summed E-state index contributed by atoms with van der Waals surface area (Å²) in [6, 6.07) is 5.73. The number of aromatic nitrogens is 3. The summed E-state index contributed by atoms with van der Waals surface area (Å²) in [5, 5.41) is 36.4. The Labute approximate surface area is 119 Å². The van der Waals surface area contributed by atoms with Crippen LogP contribution in [0.25, 0.3) is 11.3 Å². The van der Waals surface area contributed by atoms with E-state index < -0.39 is 31.1 Å². The van der Waals surface area contributed by atoms with Gasteiger partial charge in [0.15, 0.2) is 6.23 Å². The fourth-order valence-corrected chi connectivity index (χ4v) is 2.25. The van der Waals surface area contributed by atoms with Gasteiger partial charge in [-0.1, -0.05) is 5.21 Å². The van der Waals surface area contributed by atoms with Crippen molar-refractivity contribution in [3.05, 3.63) is 36.3 Å². The van der Waals surface area contributed by atoms with E-state index in [4.69, 9.17) is 9.84 Å². The molecule has 3 rings (SSSR count). The Bertz CT molecular complexity index is 618. The van der Waals surface area contributed by atoms with Crippen molar-refractivity contribution in [2.75, 3.05) is 6.61 Å². The molecule has 1 aliphatic rings. The van der Waals surface area contributed by atoms with E-state index in [-0.39, 0.29) is 5.82 Å². The molecule has 3 N–H and O–H groups in total. The van der Waals surface area contributed by atoms with E-state index in [1.165, 1.54) is 23.0 Å². The molecule has 0 radical (unpaired) electrons. The number of rotatable bonds is 3. The minimum Gasteiger partial charge on any atom is -0.394 e. The van der Waals surface area contributed by atoms with Crippen molar-refractivity contribution in [1.29, 1.82) is 0 Å². The number of aliphatic hydroxyl groups is 3. The predicted octanol–water partition coefficient (Wildman–Crippen LogP) is -0.304. The van der Waals surface area contributed by atoms with Gasteiger partial charge >= 0.3 is 0 Å². The average Bonchev–Trinajstić information content (AvgIpc) is 3.07. The lowest BCUT2D eigenvalue weighted by molar-refractivity contribution is -0.0593. The van der Waals surface area contributed by atoms with Gasteiger partial charge in [0.2, 0.25) is 0 Å². The van der Waals surface area contributed by atoms with Crippen LogP contribution < -0.4 is 0 Å². The summed E-state index contributed by atoms with van der Waals surface area (Å²) in [4.78, 5) is 0. The van der Waals surface area contributed by atoms with E-state index in [0.717, 1.165) is 0 Å². The molecule has 2 heterocycles. The summed E-state index contributed by atoms with van der Waals surface area (Å²) in [6.07, 6.45) is -2.70. The summed E-state index contributed by atoms with van der Waals surface area (Å²) in [7, 11) is 0. The van der Waals surface area contributed by atoms with Crippen LogP contribution in [0.4, 0.5) is 4.39 Å². The summed E-state index contributed by atoms with van der Waals surface area (Å²) in [6.45, 7) is -0.408. The summed E-state index contributed by atoms with van der Waals surface area (Å²) in [5.74, 6) is -0.352. The van der Waals surface area contributed by atoms with E-state index in [0.29, 0.717) is 11.3 Å². The molecule has 0 aliphatic carbocycles. The molecule has 0 unspecified atom stereocenters. The molecule has 0 bridgehead atoms. The largest absolute Gasteiger partial charge is 0.394 e. The van der Waals surface area contributed by atoms with Gasteiger partial charge in [-0.15, -0.1) is 5.10 Å². The van der Waals surface area contributed by atoms with Gasteiger partial charge in [0.05, 0.1) is 12.8 Å². The first-order valence-corrected chi connectivity index (χ1v) is 6.40. The number of benzene rings is 1. The second-order valence-electron chi connectivity index (χ2n) is 4.82. The van der Waals surface area contributed by atoms with Crippen LogP contribution in [0.2, 0.25) is 0 Å². The van der Waals surface area contributed by atoms with E-state index in [2.05, 4.69) is 10.3 Å². The highest BCUT2D eigenvalue weighted by Gasteiger charge is 2.43. The van der Waals surface area contributed by atoms with Gasteiger partial charge < -0.3 is 20.1 Å². The molecular weight excluding hydrogens is 281 g/mol. The smallest absolute Gasteiger partial charge is 0.180 e. The lowest BCUT2D eigenvalue weighted by Crippen LogP contribution is -2.33. The van der Waals surface area contributed by atoms with Crippen molar-refractivity contribution in [1.82, 2.24) is 15.0 Å². The molecule has 0 saturated carbocycles. The van der Waals surface area contributed by atoms with Gasteiger partial charge in [-0.05, 0) is 24.3 Å². The zero-order valence-corrected chi connectivity index (χ0v) is 10.9. The van der Waals surface area contributed by atoms with Crippen molar-refractivity contribution in [3.63, 3.8) is 0 Å². The van der Waals surface area contributed by atoms with Crippen molar-refractivity contribution in [3.8, 4) is 11.3 Å². The number of aliphatic hydroxyl groups excluding tert-OH is 3. The quantitative estimate of drug-likeness (QED) is 0.718.